The van der Waals surface area contributed by atoms with Gasteiger partial charge in [-0.05, 0) is 50.0 Å². The number of piperidine rings is 1. The fourth-order valence-corrected chi connectivity index (χ4v) is 2.96. The topological polar surface area (TPSA) is 47.6 Å². The average Bonchev–Trinajstić information content (AvgIpc) is 2.54. The molecule has 0 unspecified atom stereocenters. The van der Waals surface area contributed by atoms with Crippen LogP contribution in [0, 0.1) is 5.41 Å². The molecule has 1 N–H and O–H groups in total. The van der Waals surface area contributed by atoms with Gasteiger partial charge >= 0.3 is 5.97 Å². The Hall–Kier alpha value is -1.55. The molecule has 0 amide bonds. The maximum atomic E-state index is 12.5. The first kappa shape index (κ1) is 15.8. The van der Waals surface area contributed by atoms with Crippen LogP contribution in [0.25, 0.3) is 0 Å². The Labute approximate surface area is 126 Å². The third kappa shape index (κ3) is 3.97. The first-order valence-corrected chi connectivity index (χ1v) is 7.71. The van der Waals surface area contributed by atoms with Crippen molar-refractivity contribution < 1.29 is 14.3 Å². The van der Waals surface area contributed by atoms with Crippen LogP contribution in [0.15, 0.2) is 24.3 Å². The molecule has 4 heteroatoms. The summed E-state index contributed by atoms with van der Waals surface area (Å²) in [6.07, 6.45) is 3.68. The van der Waals surface area contributed by atoms with Gasteiger partial charge < -0.3 is 14.8 Å². The van der Waals surface area contributed by atoms with Crippen LogP contribution >= 0.6 is 0 Å². The molecular weight excluding hydrogens is 266 g/mol. The van der Waals surface area contributed by atoms with Crippen LogP contribution in [0.2, 0.25) is 0 Å². The second-order valence-electron chi connectivity index (χ2n) is 5.70. The van der Waals surface area contributed by atoms with Crippen molar-refractivity contribution in [1.29, 1.82) is 0 Å². The van der Waals surface area contributed by atoms with Crippen LogP contribution < -0.4 is 10.1 Å². The number of hydrogen-bond donors (Lipinski definition) is 1. The molecule has 0 bridgehead atoms. The van der Waals surface area contributed by atoms with Crippen molar-refractivity contribution in [2.75, 3.05) is 20.2 Å². The lowest BCUT2D eigenvalue weighted by atomic mass is 9.75. The fraction of sp³-hybridized carbons (Fsp3) is 0.588. The molecule has 1 aliphatic rings. The van der Waals surface area contributed by atoms with Gasteiger partial charge in [-0.2, -0.15) is 0 Å². The van der Waals surface area contributed by atoms with Crippen molar-refractivity contribution in [2.45, 2.75) is 39.2 Å². The van der Waals surface area contributed by atoms with Gasteiger partial charge in [0.2, 0.25) is 0 Å². The summed E-state index contributed by atoms with van der Waals surface area (Å²) in [6.45, 7) is 4.26. The number of benzene rings is 1. The number of esters is 1. The average molecular weight is 291 g/mol. The normalized spacial score (nSPS) is 17.2. The molecule has 1 fully saturated rings. The summed E-state index contributed by atoms with van der Waals surface area (Å²) in [7, 11) is 1.64. The molecule has 0 aliphatic carbocycles. The number of rotatable bonds is 6. The van der Waals surface area contributed by atoms with E-state index in [0.29, 0.717) is 6.61 Å². The maximum absolute atomic E-state index is 12.5. The van der Waals surface area contributed by atoms with E-state index >= 15 is 0 Å². The zero-order chi connectivity index (χ0) is 15.1. The molecule has 1 saturated heterocycles. The van der Waals surface area contributed by atoms with E-state index in [0.717, 1.165) is 50.1 Å². The third-order valence-electron chi connectivity index (χ3n) is 4.25. The van der Waals surface area contributed by atoms with Gasteiger partial charge in [0, 0.05) is 0 Å². The maximum Gasteiger partial charge on any atom is 0.312 e. The molecule has 1 aromatic rings. The Morgan fingerprint density at radius 2 is 1.90 bits per heavy atom. The fourth-order valence-electron chi connectivity index (χ4n) is 2.96. The molecule has 2 rings (SSSR count). The van der Waals surface area contributed by atoms with Crippen molar-refractivity contribution in [3.63, 3.8) is 0 Å². The van der Waals surface area contributed by atoms with Gasteiger partial charge in [0.1, 0.15) is 12.4 Å². The van der Waals surface area contributed by atoms with E-state index in [1.165, 1.54) is 0 Å². The molecule has 4 nitrogen and oxygen atoms in total. The number of carbonyl (C=O) groups is 1. The molecule has 1 aromatic carbocycles. The second-order valence-corrected chi connectivity index (χ2v) is 5.70. The molecule has 1 heterocycles. The Balaban J connectivity index is 1.94. The molecule has 21 heavy (non-hydrogen) atoms. The standard InChI is InChI=1S/C17H25NO3/c1-3-8-17(9-11-18-12-10-17)16(19)21-13-14-4-6-15(20-2)7-5-14/h4-7,18H,3,8-13H2,1-2H3. The minimum absolute atomic E-state index is 0.0401. The summed E-state index contributed by atoms with van der Waals surface area (Å²) in [5.74, 6) is 0.771. The summed E-state index contributed by atoms with van der Waals surface area (Å²) < 4.78 is 10.7. The summed E-state index contributed by atoms with van der Waals surface area (Å²) in [6, 6.07) is 7.63. The zero-order valence-electron chi connectivity index (χ0n) is 13.0. The summed E-state index contributed by atoms with van der Waals surface area (Å²) in [5.41, 5.74) is 0.705. The van der Waals surface area contributed by atoms with E-state index in [-0.39, 0.29) is 11.4 Å². The van der Waals surface area contributed by atoms with Crippen LogP contribution in [0.4, 0.5) is 0 Å². The number of hydrogen-bond acceptors (Lipinski definition) is 4. The van der Waals surface area contributed by atoms with E-state index in [1.54, 1.807) is 7.11 Å². The molecule has 1 aliphatic heterocycles. The molecular formula is C17H25NO3. The van der Waals surface area contributed by atoms with Crippen molar-refractivity contribution in [3.8, 4) is 5.75 Å². The van der Waals surface area contributed by atoms with E-state index in [1.807, 2.05) is 24.3 Å². The molecule has 116 valence electrons. The molecule has 0 spiro atoms. The monoisotopic (exact) mass is 291 g/mol. The van der Waals surface area contributed by atoms with E-state index in [4.69, 9.17) is 9.47 Å². The SMILES string of the molecule is CCCC1(C(=O)OCc2ccc(OC)cc2)CCNCC1. The molecule has 0 aromatic heterocycles. The first-order chi connectivity index (χ1) is 10.2. The second kappa shape index (κ2) is 7.46. The molecule has 0 saturated carbocycles. The predicted octanol–water partition coefficient (Wildman–Crippen LogP) is 2.91. The smallest absolute Gasteiger partial charge is 0.312 e. The van der Waals surface area contributed by atoms with Crippen LogP contribution in [0.5, 0.6) is 5.75 Å². The van der Waals surface area contributed by atoms with Crippen molar-refractivity contribution >= 4 is 5.97 Å². The number of carbonyl (C=O) groups excluding carboxylic acids is 1. The van der Waals surface area contributed by atoms with Crippen LogP contribution in [0.3, 0.4) is 0 Å². The van der Waals surface area contributed by atoms with Crippen LogP contribution in [-0.2, 0) is 16.1 Å². The minimum Gasteiger partial charge on any atom is -0.497 e. The Bertz CT molecular complexity index is 444. The first-order valence-electron chi connectivity index (χ1n) is 7.71. The highest BCUT2D eigenvalue weighted by atomic mass is 16.5. The van der Waals surface area contributed by atoms with Crippen LogP contribution in [-0.4, -0.2) is 26.2 Å². The molecule has 0 radical (unpaired) electrons. The van der Waals surface area contributed by atoms with E-state index in [9.17, 15) is 4.79 Å². The lowest BCUT2D eigenvalue weighted by molar-refractivity contribution is -0.159. The lowest BCUT2D eigenvalue weighted by Crippen LogP contribution is -2.43. The van der Waals surface area contributed by atoms with Gasteiger partial charge in [-0.15, -0.1) is 0 Å². The number of ether oxygens (including phenoxy) is 2. The Morgan fingerprint density at radius 1 is 1.24 bits per heavy atom. The largest absolute Gasteiger partial charge is 0.497 e. The lowest BCUT2D eigenvalue weighted by Gasteiger charge is -2.35. The van der Waals surface area contributed by atoms with Crippen molar-refractivity contribution in [1.82, 2.24) is 5.32 Å². The van der Waals surface area contributed by atoms with Gasteiger partial charge in [0.15, 0.2) is 0 Å². The molecule has 0 atom stereocenters. The minimum atomic E-state index is -0.285. The van der Waals surface area contributed by atoms with Crippen molar-refractivity contribution in [2.24, 2.45) is 5.41 Å². The van der Waals surface area contributed by atoms with Crippen LogP contribution in [0.1, 0.15) is 38.2 Å². The number of nitrogens with one attached hydrogen (secondary N) is 1. The summed E-state index contributed by atoms with van der Waals surface area (Å²) in [5, 5.41) is 3.32. The highest BCUT2D eigenvalue weighted by Gasteiger charge is 2.39. The van der Waals surface area contributed by atoms with Gasteiger partial charge in [-0.25, -0.2) is 0 Å². The van der Waals surface area contributed by atoms with Gasteiger partial charge in [0.25, 0.3) is 0 Å². The van der Waals surface area contributed by atoms with Crippen molar-refractivity contribution in [3.05, 3.63) is 29.8 Å². The van der Waals surface area contributed by atoms with E-state index in [2.05, 4.69) is 12.2 Å². The highest BCUT2D eigenvalue weighted by molar-refractivity contribution is 5.77. The van der Waals surface area contributed by atoms with Gasteiger partial charge in [-0.1, -0.05) is 25.5 Å². The Morgan fingerprint density at radius 3 is 2.48 bits per heavy atom. The predicted molar refractivity (Wildman–Crippen MR) is 82.2 cm³/mol. The quantitative estimate of drug-likeness (QED) is 0.819. The van der Waals surface area contributed by atoms with Gasteiger partial charge in [-0.3, -0.25) is 4.79 Å². The summed E-state index contributed by atoms with van der Waals surface area (Å²) in [4.78, 5) is 12.5. The Kier molecular flexibility index (Phi) is 5.62. The van der Waals surface area contributed by atoms with Gasteiger partial charge in [0.05, 0.1) is 12.5 Å². The third-order valence-corrected chi connectivity index (χ3v) is 4.25. The highest BCUT2D eigenvalue weighted by Crippen LogP contribution is 2.35. The van der Waals surface area contributed by atoms with E-state index < -0.39 is 0 Å². The zero-order valence-corrected chi connectivity index (χ0v) is 13.0. The number of methoxy groups -OCH3 is 1. The summed E-state index contributed by atoms with van der Waals surface area (Å²) >= 11 is 0.